The van der Waals surface area contributed by atoms with E-state index in [0.717, 1.165) is 19.3 Å². The zero-order chi connectivity index (χ0) is 10.1. The number of unbranched alkanes of at least 4 members (excludes halogenated alkanes) is 4. The molecule has 0 fully saturated rings. The molecule has 0 heterocycles. The number of aliphatic carboxylic acids is 2. The molecule has 0 saturated carbocycles. The third kappa shape index (κ3) is 14.7. The van der Waals surface area contributed by atoms with Crippen molar-refractivity contribution in [2.45, 2.75) is 44.9 Å². The third-order valence-corrected chi connectivity index (χ3v) is 1.78. The van der Waals surface area contributed by atoms with Gasteiger partial charge in [0.2, 0.25) is 0 Å². The molecule has 0 aliphatic rings. The number of carbonyl (C=O) groups is 2. The predicted molar refractivity (Wildman–Crippen MR) is 55.6 cm³/mol. The quantitative estimate of drug-likeness (QED) is 0.492. The van der Waals surface area contributed by atoms with Crippen LogP contribution in [0, 0.1) is 0 Å². The fourth-order valence-corrected chi connectivity index (χ4v) is 1.08. The maximum absolute atomic E-state index is 10.1. The summed E-state index contributed by atoms with van der Waals surface area (Å²) in [7, 11) is 0. The summed E-state index contributed by atoms with van der Waals surface area (Å²) in [6.07, 6.45) is 4.53. The number of hydrogen-bond acceptors (Lipinski definition) is 2. The molecule has 5 heteroatoms. The molecule has 0 atom stereocenters. The van der Waals surface area contributed by atoms with Crippen LogP contribution >= 0.6 is 0 Å². The topological polar surface area (TPSA) is 74.6 Å². The molecule has 80 valence electrons. The monoisotopic (exact) mass is 230 g/mol. The van der Waals surface area contributed by atoms with E-state index in [-0.39, 0.29) is 53.4 Å². The molecule has 2 N–H and O–H groups in total. The molecule has 0 saturated heterocycles. The Labute approximate surface area is 117 Å². The van der Waals surface area contributed by atoms with Crippen molar-refractivity contribution in [3.05, 3.63) is 0 Å². The van der Waals surface area contributed by atoms with Crippen LogP contribution in [0.2, 0.25) is 0 Å². The zero-order valence-electron chi connectivity index (χ0n) is 10.4. The molecule has 14 heavy (non-hydrogen) atoms. The maximum atomic E-state index is 10.1. The van der Waals surface area contributed by atoms with Crippen LogP contribution in [0.1, 0.15) is 47.8 Å². The van der Waals surface area contributed by atoms with Crippen molar-refractivity contribution in [2.75, 3.05) is 0 Å². The van der Waals surface area contributed by atoms with Gasteiger partial charge in [0, 0.05) is 12.8 Å². The summed E-state index contributed by atoms with van der Waals surface area (Å²) in [5, 5.41) is 16.6. The van der Waals surface area contributed by atoms with Crippen molar-refractivity contribution < 1.29 is 22.7 Å². The Morgan fingerprint density at radius 1 is 0.786 bits per heavy atom. The van der Waals surface area contributed by atoms with Crippen LogP contribution in [0.25, 0.3) is 0 Å². The van der Waals surface area contributed by atoms with Gasteiger partial charge in [-0.15, -0.1) is 0 Å². The summed E-state index contributed by atoms with van der Waals surface area (Å²) < 4.78 is 0. The van der Waals surface area contributed by atoms with Crippen molar-refractivity contribution >= 4 is 49.7 Å². The average molecular weight is 230 g/mol. The first-order valence-corrected chi connectivity index (χ1v) is 4.56. The van der Waals surface area contributed by atoms with Crippen molar-refractivity contribution in [2.24, 2.45) is 0 Å². The molecule has 4 nitrogen and oxygen atoms in total. The van der Waals surface area contributed by atoms with Crippen molar-refractivity contribution in [1.82, 2.24) is 0 Å². The van der Waals surface area contributed by atoms with Gasteiger partial charge in [0.1, 0.15) is 0 Å². The SMILES string of the molecule is O=C(O)CCCCCCCC(=O)O.[Ca+2].[H-].[H-]. The fraction of sp³-hybridized carbons (Fsp3) is 0.778. The Morgan fingerprint density at radius 2 is 1.07 bits per heavy atom. The van der Waals surface area contributed by atoms with Gasteiger partial charge in [0.25, 0.3) is 0 Å². The van der Waals surface area contributed by atoms with E-state index in [2.05, 4.69) is 0 Å². The van der Waals surface area contributed by atoms with Gasteiger partial charge in [-0.3, -0.25) is 9.59 Å². The summed E-state index contributed by atoms with van der Waals surface area (Å²) in [5.41, 5.74) is 0. The predicted octanol–water partition coefficient (Wildman–Crippen LogP) is 1.73. The first-order valence-electron chi connectivity index (χ1n) is 4.56. The minimum Gasteiger partial charge on any atom is -1.00 e. The summed E-state index contributed by atoms with van der Waals surface area (Å²) in [6, 6.07) is 0. The first kappa shape index (κ1) is 16.6. The minimum atomic E-state index is -0.759. The van der Waals surface area contributed by atoms with Gasteiger partial charge in [-0.25, -0.2) is 0 Å². The van der Waals surface area contributed by atoms with E-state index in [1.54, 1.807) is 0 Å². The molecule has 0 aromatic rings. The van der Waals surface area contributed by atoms with Gasteiger partial charge in [-0.2, -0.15) is 0 Å². The smallest absolute Gasteiger partial charge is 1.00 e. The largest absolute Gasteiger partial charge is 2.00 e. The Kier molecular flexibility index (Phi) is 13.4. The van der Waals surface area contributed by atoms with Gasteiger partial charge < -0.3 is 13.1 Å². The maximum Gasteiger partial charge on any atom is 2.00 e. The van der Waals surface area contributed by atoms with Crippen LogP contribution in [0.15, 0.2) is 0 Å². The van der Waals surface area contributed by atoms with E-state index in [0.29, 0.717) is 12.8 Å². The zero-order valence-corrected chi connectivity index (χ0v) is 10.6. The summed E-state index contributed by atoms with van der Waals surface area (Å²) in [6.45, 7) is 0. The van der Waals surface area contributed by atoms with Gasteiger partial charge in [-0.05, 0) is 12.8 Å². The summed E-state index contributed by atoms with van der Waals surface area (Å²) in [5.74, 6) is -1.52. The van der Waals surface area contributed by atoms with Gasteiger partial charge in [0.05, 0.1) is 0 Å². The van der Waals surface area contributed by atoms with Gasteiger partial charge in [0.15, 0.2) is 0 Å². The number of carboxylic acids is 2. The third-order valence-electron chi connectivity index (χ3n) is 1.78. The molecule has 0 radical (unpaired) electrons. The van der Waals surface area contributed by atoms with E-state index in [9.17, 15) is 9.59 Å². The van der Waals surface area contributed by atoms with Crippen molar-refractivity contribution in [3.63, 3.8) is 0 Å². The molecule has 0 spiro atoms. The van der Waals surface area contributed by atoms with E-state index in [1.807, 2.05) is 0 Å². The summed E-state index contributed by atoms with van der Waals surface area (Å²) in [4.78, 5) is 20.2. The summed E-state index contributed by atoms with van der Waals surface area (Å²) >= 11 is 0. The molecule has 0 aliphatic carbocycles. The van der Waals surface area contributed by atoms with E-state index in [4.69, 9.17) is 10.2 Å². The second-order valence-electron chi connectivity index (χ2n) is 3.06. The number of carboxylic acid groups (broad SMARTS) is 2. The molecular weight excluding hydrogens is 212 g/mol. The minimum absolute atomic E-state index is 0. The van der Waals surface area contributed by atoms with E-state index < -0.39 is 11.9 Å². The normalized spacial score (nSPS) is 9.14. The molecule has 0 aromatic carbocycles. The Balaban J connectivity index is -0.000000240. The molecule has 0 rings (SSSR count). The first-order chi connectivity index (χ1) is 6.13. The van der Waals surface area contributed by atoms with E-state index >= 15 is 0 Å². The molecular formula is C9H18CaO4. The van der Waals surface area contributed by atoms with Gasteiger partial charge >= 0.3 is 49.7 Å². The second kappa shape index (κ2) is 11.3. The second-order valence-corrected chi connectivity index (χ2v) is 3.06. The molecule has 0 bridgehead atoms. The van der Waals surface area contributed by atoms with Crippen LogP contribution < -0.4 is 0 Å². The Hall–Kier alpha value is 0.200. The Morgan fingerprint density at radius 3 is 1.36 bits per heavy atom. The van der Waals surface area contributed by atoms with Gasteiger partial charge in [-0.1, -0.05) is 19.3 Å². The Bertz CT molecular complexity index is 161. The number of hydrogen-bond donors (Lipinski definition) is 2. The van der Waals surface area contributed by atoms with E-state index in [1.165, 1.54) is 0 Å². The van der Waals surface area contributed by atoms with Crippen LogP contribution in [0.3, 0.4) is 0 Å². The van der Waals surface area contributed by atoms with Crippen molar-refractivity contribution in [1.29, 1.82) is 0 Å². The standard InChI is InChI=1S/C9H16O4.Ca.2H/c10-8(11)6-4-2-1-3-5-7-9(12)13;;;/h1-7H2,(H,10,11)(H,12,13);;;/q;+2;2*-1. The van der Waals surface area contributed by atoms with Crippen LogP contribution in [-0.2, 0) is 9.59 Å². The average Bonchev–Trinajstić information content (AvgIpc) is 2.01. The molecule has 0 unspecified atom stereocenters. The van der Waals surface area contributed by atoms with Crippen LogP contribution in [0.4, 0.5) is 0 Å². The molecule has 0 aliphatic heterocycles. The molecule has 0 amide bonds. The number of rotatable bonds is 8. The van der Waals surface area contributed by atoms with Crippen LogP contribution in [0.5, 0.6) is 0 Å². The fourth-order valence-electron chi connectivity index (χ4n) is 1.08. The van der Waals surface area contributed by atoms with Crippen LogP contribution in [-0.4, -0.2) is 59.9 Å². The molecule has 0 aromatic heterocycles. The van der Waals surface area contributed by atoms with Crippen molar-refractivity contribution in [3.8, 4) is 0 Å².